The van der Waals surface area contributed by atoms with E-state index in [0.29, 0.717) is 36.6 Å². The molecule has 182 valence electrons. The number of amides is 2. The van der Waals surface area contributed by atoms with Crippen molar-refractivity contribution in [3.05, 3.63) is 70.6 Å². The standard InChI is InChI=1S/C26H28ClN5O3/c1-18-21(16-28-32(18)20-6-4-3-5-7-20)25(34)31-13-10-26(17-31)8-11-30(12-9-26)24(33)19-14-22(27)29-23(15-19)35-2/h3-7,14-16H,8-13,17H2,1-2H3. The number of rotatable bonds is 4. The largest absolute Gasteiger partial charge is 0.481 e. The van der Waals surface area contributed by atoms with Crippen LogP contribution >= 0.6 is 11.6 Å². The van der Waals surface area contributed by atoms with Gasteiger partial charge in [0.05, 0.1) is 30.3 Å². The number of likely N-dealkylation sites (tertiary alicyclic amines) is 2. The molecule has 2 aliphatic heterocycles. The summed E-state index contributed by atoms with van der Waals surface area (Å²) < 4.78 is 6.95. The molecular weight excluding hydrogens is 466 g/mol. The number of hydrogen-bond donors (Lipinski definition) is 0. The van der Waals surface area contributed by atoms with E-state index in [4.69, 9.17) is 16.3 Å². The van der Waals surface area contributed by atoms with Gasteiger partial charge in [0.25, 0.3) is 11.8 Å². The number of carbonyl (C=O) groups excluding carboxylic acids is 2. The highest BCUT2D eigenvalue weighted by molar-refractivity contribution is 6.29. The van der Waals surface area contributed by atoms with Gasteiger partial charge in [0.1, 0.15) is 5.15 Å². The van der Waals surface area contributed by atoms with Gasteiger partial charge >= 0.3 is 0 Å². The van der Waals surface area contributed by atoms with Crippen molar-refractivity contribution in [2.24, 2.45) is 5.41 Å². The first kappa shape index (κ1) is 23.4. The summed E-state index contributed by atoms with van der Waals surface area (Å²) in [6.07, 6.45) is 4.34. The van der Waals surface area contributed by atoms with E-state index in [9.17, 15) is 9.59 Å². The van der Waals surface area contributed by atoms with Crippen LogP contribution in [0.5, 0.6) is 5.88 Å². The minimum Gasteiger partial charge on any atom is -0.481 e. The van der Waals surface area contributed by atoms with E-state index < -0.39 is 0 Å². The second kappa shape index (κ2) is 9.34. The molecule has 2 amide bonds. The molecule has 2 saturated heterocycles. The smallest absolute Gasteiger partial charge is 0.257 e. The van der Waals surface area contributed by atoms with Crippen LogP contribution in [0.1, 0.15) is 45.7 Å². The molecule has 2 fully saturated rings. The lowest BCUT2D eigenvalue weighted by Gasteiger charge is -2.39. The quantitative estimate of drug-likeness (QED) is 0.513. The Kier molecular flexibility index (Phi) is 6.23. The second-order valence-corrected chi connectivity index (χ2v) is 9.77. The molecule has 1 spiro atoms. The summed E-state index contributed by atoms with van der Waals surface area (Å²) in [5.74, 6) is 0.279. The van der Waals surface area contributed by atoms with Gasteiger partial charge in [-0.25, -0.2) is 9.67 Å². The fourth-order valence-electron chi connectivity index (χ4n) is 5.20. The lowest BCUT2D eigenvalue weighted by Crippen LogP contribution is -2.44. The van der Waals surface area contributed by atoms with Crippen LogP contribution in [0.3, 0.4) is 0 Å². The third kappa shape index (κ3) is 4.50. The van der Waals surface area contributed by atoms with Crippen LogP contribution in [0.25, 0.3) is 5.69 Å². The molecule has 8 nitrogen and oxygen atoms in total. The molecule has 0 saturated carbocycles. The Hall–Kier alpha value is -3.39. The van der Waals surface area contributed by atoms with Gasteiger partial charge in [-0.2, -0.15) is 5.10 Å². The topological polar surface area (TPSA) is 80.6 Å². The van der Waals surface area contributed by atoms with Gasteiger partial charge < -0.3 is 14.5 Å². The molecular formula is C26H28ClN5O3. The van der Waals surface area contributed by atoms with Crippen LogP contribution < -0.4 is 4.74 Å². The first-order valence-electron chi connectivity index (χ1n) is 11.8. The van der Waals surface area contributed by atoms with Crippen molar-refractivity contribution >= 4 is 23.4 Å². The van der Waals surface area contributed by atoms with E-state index in [-0.39, 0.29) is 22.4 Å². The minimum atomic E-state index is -0.0719. The molecule has 5 rings (SSSR count). The summed E-state index contributed by atoms with van der Waals surface area (Å²) in [5.41, 5.74) is 2.94. The van der Waals surface area contributed by atoms with Crippen molar-refractivity contribution in [2.45, 2.75) is 26.2 Å². The highest BCUT2D eigenvalue weighted by Crippen LogP contribution is 2.41. The number of halogens is 1. The SMILES string of the molecule is COc1cc(C(=O)N2CCC3(CC2)CCN(C(=O)c2cnn(-c4ccccc4)c2C)C3)cc(Cl)n1. The zero-order valence-electron chi connectivity index (χ0n) is 19.9. The Bertz CT molecular complexity index is 1250. The fourth-order valence-corrected chi connectivity index (χ4v) is 5.40. The molecule has 0 radical (unpaired) electrons. The predicted molar refractivity (Wildman–Crippen MR) is 132 cm³/mol. The summed E-state index contributed by atoms with van der Waals surface area (Å²) in [4.78, 5) is 34.3. The molecule has 0 unspecified atom stereocenters. The van der Waals surface area contributed by atoms with Gasteiger partial charge in [-0.1, -0.05) is 29.8 Å². The van der Waals surface area contributed by atoms with Gasteiger partial charge in [-0.05, 0) is 49.8 Å². The average Bonchev–Trinajstić information content (AvgIpc) is 3.47. The number of para-hydroxylation sites is 1. The van der Waals surface area contributed by atoms with E-state index in [2.05, 4.69) is 10.1 Å². The molecule has 2 aromatic heterocycles. The Balaban J connectivity index is 1.23. The van der Waals surface area contributed by atoms with Crippen LogP contribution in [0.2, 0.25) is 5.15 Å². The first-order valence-corrected chi connectivity index (χ1v) is 12.2. The fraction of sp³-hybridized carbons (Fsp3) is 0.385. The minimum absolute atomic E-state index is 0.0265. The molecule has 0 aliphatic carbocycles. The number of ether oxygens (including phenoxy) is 1. The lowest BCUT2D eigenvalue weighted by atomic mass is 9.77. The van der Waals surface area contributed by atoms with Crippen LogP contribution in [0.4, 0.5) is 0 Å². The number of methoxy groups -OCH3 is 1. The Labute approximate surface area is 209 Å². The summed E-state index contributed by atoms with van der Waals surface area (Å²) >= 11 is 6.05. The number of aromatic nitrogens is 3. The van der Waals surface area contributed by atoms with Crippen molar-refractivity contribution in [1.82, 2.24) is 24.6 Å². The maximum absolute atomic E-state index is 13.4. The summed E-state index contributed by atoms with van der Waals surface area (Å²) in [6.45, 7) is 4.66. The van der Waals surface area contributed by atoms with Crippen LogP contribution in [-0.4, -0.2) is 69.7 Å². The van der Waals surface area contributed by atoms with E-state index in [1.165, 1.54) is 7.11 Å². The average molecular weight is 494 g/mol. The maximum Gasteiger partial charge on any atom is 0.257 e. The number of benzene rings is 1. The number of carbonyl (C=O) groups is 2. The molecule has 0 atom stereocenters. The van der Waals surface area contributed by atoms with Crippen molar-refractivity contribution in [3.8, 4) is 11.6 Å². The third-order valence-electron chi connectivity index (χ3n) is 7.30. The molecule has 0 N–H and O–H groups in total. The Morgan fingerprint density at radius 2 is 1.69 bits per heavy atom. The Morgan fingerprint density at radius 3 is 2.37 bits per heavy atom. The molecule has 4 heterocycles. The molecule has 2 aliphatic rings. The van der Waals surface area contributed by atoms with Crippen LogP contribution in [0, 0.1) is 12.3 Å². The van der Waals surface area contributed by atoms with E-state index in [1.807, 2.05) is 51.7 Å². The van der Waals surface area contributed by atoms with Gasteiger partial charge in [0, 0.05) is 37.8 Å². The Morgan fingerprint density at radius 1 is 1.00 bits per heavy atom. The lowest BCUT2D eigenvalue weighted by molar-refractivity contribution is 0.0565. The van der Waals surface area contributed by atoms with Gasteiger partial charge in [0.15, 0.2) is 0 Å². The van der Waals surface area contributed by atoms with E-state index in [0.717, 1.165) is 37.2 Å². The monoisotopic (exact) mass is 493 g/mol. The van der Waals surface area contributed by atoms with Crippen molar-refractivity contribution < 1.29 is 14.3 Å². The molecule has 35 heavy (non-hydrogen) atoms. The van der Waals surface area contributed by atoms with Crippen LogP contribution in [0.15, 0.2) is 48.7 Å². The number of nitrogens with zero attached hydrogens (tertiary/aromatic N) is 5. The zero-order valence-corrected chi connectivity index (χ0v) is 20.7. The molecule has 9 heteroatoms. The third-order valence-corrected chi connectivity index (χ3v) is 7.50. The van der Waals surface area contributed by atoms with Gasteiger partial charge in [-0.15, -0.1) is 0 Å². The zero-order chi connectivity index (χ0) is 24.6. The second-order valence-electron chi connectivity index (χ2n) is 9.38. The van der Waals surface area contributed by atoms with Crippen LogP contribution in [-0.2, 0) is 0 Å². The molecule has 3 aromatic rings. The number of piperidine rings is 1. The summed E-state index contributed by atoms with van der Waals surface area (Å²) in [5, 5.41) is 4.69. The molecule has 0 bridgehead atoms. The summed E-state index contributed by atoms with van der Waals surface area (Å²) in [6, 6.07) is 13.0. The van der Waals surface area contributed by atoms with Crippen molar-refractivity contribution in [1.29, 1.82) is 0 Å². The van der Waals surface area contributed by atoms with Gasteiger partial charge in [-0.3, -0.25) is 9.59 Å². The highest BCUT2D eigenvalue weighted by Gasteiger charge is 2.43. The molecule has 1 aromatic carbocycles. The van der Waals surface area contributed by atoms with Crippen molar-refractivity contribution in [2.75, 3.05) is 33.3 Å². The number of hydrogen-bond acceptors (Lipinski definition) is 5. The van der Waals surface area contributed by atoms with Crippen molar-refractivity contribution in [3.63, 3.8) is 0 Å². The maximum atomic E-state index is 13.4. The van der Waals surface area contributed by atoms with E-state index >= 15 is 0 Å². The summed E-state index contributed by atoms with van der Waals surface area (Å²) in [7, 11) is 1.50. The highest BCUT2D eigenvalue weighted by atomic mass is 35.5. The predicted octanol–water partition coefficient (Wildman–Crippen LogP) is 4.01. The van der Waals surface area contributed by atoms with E-state index in [1.54, 1.807) is 18.3 Å². The normalized spacial score (nSPS) is 17.1. The number of pyridine rings is 1. The van der Waals surface area contributed by atoms with Gasteiger partial charge in [0.2, 0.25) is 5.88 Å². The first-order chi connectivity index (χ1) is 16.9.